The van der Waals surface area contributed by atoms with Crippen LogP contribution in [0.2, 0.25) is 5.02 Å². The van der Waals surface area contributed by atoms with Crippen LogP contribution in [0.1, 0.15) is 5.56 Å². The molecule has 7 heteroatoms. The second-order valence-corrected chi connectivity index (χ2v) is 4.17. The predicted molar refractivity (Wildman–Crippen MR) is 70.4 cm³/mol. The van der Waals surface area contributed by atoms with Gasteiger partial charge in [-0.3, -0.25) is 14.4 Å². The first-order valence-corrected chi connectivity index (χ1v) is 5.68. The molecule has 6 nitrogen and oxygen atoms in total. The molecule has 20 heavy (non-hydrogen) atoms. The van der Waals surface area contributed by atoms with E-state index in [1.165, 1.54) is 30.3 Å². The summed E-state index contributed by atoms with van der Waals surface area (Å²) in [4.78, 5) is 33.8. The number of nitrogens with zero attached hydrogens (tertiary/aromatic N) is 1. The number of aliphatic hydroxyl groups is 1. The summed E-state index contributed by atoms with van der Waals surface area (Å²) >= 11 is 5.66. The summed E-state index contributed by atoms with van der Waals surface area (Å²) in [6.45, 7) is 0. The van der Waals surface area contributed by atoms with E-state index >= 15 is 0 Å². The van der Waals surface area contributed by atoms with Gasteiger partial charge < -0.3 is 10.8 Å². The maximum absolute atomic E-state index is 11.5. The van der Waals surface area contributed by atoms with E-state index < -0.39 is 29.2 Å². The minimum absolute atomic E-state index is 0.253. The Morgan fingerprint density at radius 2 is 1.85 bits per heavy atom. The fourth-order valence-corrected chi connectivity index (χ4v) is 1.42. The van der Waals surface area contributed by atoms with E-state index in [9.17, 15) is 19.5 Å². The molecule has 0 spiro atoms. The van der Waals surface area contributed by atoms with E-state index in [0.29, 0.717) is 11.1 Å². The lowest BCUT2D eigenvalue weighted by atomic mass is 10.0. The van der Waals surface area contributed by atoms with Crippen LogP contribution in [-0.2, 0) is 14.4 Å². The average molecular weight is 293 g/mol. The number of nitrogens with two attached hydrogens (primary N) is 1. The Balaban J connectivity index is 2.96. The van der Waals surface area contributed by atoms with E-state index in [1.807, 2.05) is 0 Å². The molecule has 0 bridgehead atoms. The second kappa shape index (κ2) is 6.50. The largest absolute Gasteiger partial charge is 0.507 e. The highest BCUT2D eigenvalue weighted by molar-refractivity contribution is 6.46. The van der Waals surface area contributed by atoms with Gasteiger partial charge in [0.1, 0.15) is 5.76 Å². The van der Waals surface area contributed by atoms with Crippen LogP contribution < -0.4 is 5.73 Å². The van der Waals surface area contributed by atoms with E-state index in [-0.39, 0.29) is 5.56 Å². The number of ketones is 2. The van der Waals surface area contributed by atoms with Crippen LogP contribution in [0.3, 0.4) is 0 Å². The molecule has 1 amide bonds. The van der Waals surface area contributed by atoms with Crippen LogP contribution in [0.5, 0.6) is 0 Å². The summed E-state index contributed by atoms with van der Waals surface area (Å²) in [5.74, 6) is -6.05. The Kier molecular flexibility index (Phi) is 5.01. The number of nitriles is 1. The second-order valence-electron chi connectivity index (χ2n) is 3.73. The van der Waals surface area contributed by atoms with Gasteiger partial charge in [0.2, 0.25) is 17.5 Å². The van der Waals surface area contributed by atoms with E-state index in [0.717, 1.165) is 0 Å². The molecule has 0 saturated heterocycles. The maximum Gasteiger partial charge on any atom is 0.242 e. The molecule has 3 N–H and O–H groups in total. The van der Waals surface area contributed by atoms with Gasteiger partial charge in [0.25, 0.3) is 0 Å². The molecule has 0 fully saturated rings. The molecular weight excluding hydrogens is 284 g/mol. The third kappa shape index (κ3) is 3.67. The van der Waals surface area contributed by atoms with Gasteiger partial charge in [0.15, 0.2) is 5.92 Å². The molecule has 0 aliphatic carbocycles. The van der Waals surface area contributed by atoms with Gasteiger partial charge in [-0.2, -0.15) is 5.26 Å². The number of hydrogen-bond donors (Lipinski definition) is 2. The monoisotopic (exact) mass is 292 g/mol. The molecule has 1 aromatic rings. The van der Waals surface area contributed by atoms with Crippen LogP contribution in [-0.4, -0.2) is 22.6 Å². The van der Waals surface area contributed by atoms with Gasteiger partial charge in [-0.05, 0) is 24.3 Å². The molecule has 1 rings (SSSR count). The predicted octanol–water partition coefficient (Wildman–Crippen LogP) is 1.00. The van der Waals surface area contributed by atoms with Crippen molar-refractivity contribution >= 4 is 34.8 Å². The SMILES string of the molecule is N#CC(C(N)=O)C(=O)C(=O)C=C(O)c1ccc(Cl)cc1. The zero-order chi connectivity index (χ0) is 15.3. The number of rotatable bonds is 5. The number of benzene rings is 1. The van der Waals surface area contributed by atoms with Crippen molar-refractivity contribution in [2.75, 3.05) is 0 Å². The fourth-order valence-electron chi connectivity index (χ4n) is 1.29. The normalized spacial score (nSPS) is 12.3. The molecule has 0 aromatic heterocycles. The molecule has 102 valence electrons. The van der Waals surface area contributed by atoms with Gasteiger partial charge in [-0.15, -0.1) is 0 Å². The number of halogens is 1. The van der Waals surface area contributed by atoms with Crippen LogP contribution in [0.15, 0.2) is 30.3 Å². The lowest BCUT2D eigenvalue weighted by Crippen LogP contribution is -2.33. The number of carbonyl (C=O) groups excluding carboxylic acids is 3. The van der Waals surface area contributed by atoms with Crippen molar-refractivity contribution in [2.24, 2.45) is 11.7 Å². The summed E-state index contributed by atoms with van der Waals surface area (Å²) in [6.07, 6.45) is 0.624. The molecular formula is C13H9ClN2O4. The number of hydrogen-bond acceptors (Lipinski definition) is 5. The van der Waals surface area contributed by atoms with Crippen molar-refractivity contribution < 1.29 is 19.5 Å². The Bertz CT molecular complexity index is 629. The fraction of sp³-hybridized carbons (Fsp3) is 0.0769. The number of Topliss-reactive ketones (excluding diaryl/α,β-unsaturated/α-hetero) is 1. The maximum atomic E-state index is 11.5. The van der Waals surface area contributed by atoms with Crippen LogP contribution in [0.4, 0.5) is 0 Å². The molecule has 1 atom stereocenters. The van der Waals surface area contributed by atoms with Crippen molar-refractivity contribution in [3.63, 3.8) is 0 Å². The molecule has 0 aliphatic rings. The van der Waals surface area contributed by atoms with Crippen molar-refractivity contribution in [3.05, 3.63) is 40.9 Å². The van der Waals surface area contributed by atoms with Gasteiger partial charge in [0.05, 0.1) is 6.07 Å². The highest BCUT2D eigenvalue weighted by Crippen LogP contribution is 2.15. The molecule has 0 aliphatic heterocycles. The Morgan fingerprint density at radius 1 is 1.30 bits per heavy atom. The molecule has 1 unspecified atom stereocenters. The Hall–Kier alpha value is -2.65. The van der Waals surface area contributed by atoms with E-state index in [4.69, 9.17) is 22.6 Å². The molecule has 1 aromatic carbocycles. The van der Waals surface area contributed by atoms with Crippen molar-refractivity contribution in [1.82, 2.24) is 0 Å². The van der Waals surface area contributed by atoms with E-state index in [1.54, 1.807) is 0 Å². The van der Waals surface area contributed by atoms with Crippen LogP contribution in [0.25, 0.3) is 5.76 Å². The molecule has 0 saturated carbocycles. The van der Waals surface area contributed by atoms with Gasteiger partial charge >= 0.3 is 0 Å². The average Bonchev–Trinajstić information content (AvgIpc) is 2.39. The van der Waals surface area contributed by atoms with Crippen molar-refractivity contribution in [2.45, 2.75) is 0 Å². The van der Waals surface area contributed by atoms with E-state index in [2.05, 4.69) is 0 Å². The van der Waals surface area contributed by atoms with Crippen molar-refractivity contribution in [1.29, 1.82) is 5.26 Å². The minimum Gasteiger partial charge on any atom is -0.507 e. The summed E-state index contributed by atoms with van der Waals surface area (Å²) in [6, 6.07) is 7.16. The number of amides is 1. The van der Waals surface area contributed by atoms with Crippen LogP contribution >= 0.6 is 11.6 Å². The third-order valence-corrected chi connectivity index (χ3v) is 2.58. The van der Waals surface area contributed by atoms with Crippen LogP contribution in [0, 0.1) is 17.2 Å². The first-order chi connectivity index (χ1) is 9.36. The summed E-state index contributed by atoms with van der Waals surface area (Å²) < 4.78 is 0. The zero-order valence-electron chi connectivity index (χ0n) is 10.0. The number of allylic oxidation sites excluding steroid dienone is 1. The number of aliphatic hydroxyl groups excluding tert-OH is 1. The first-order valence-electron chi connectivity index (χ1n) is 5.30. The summed E-state index contributed by atoms with van der Waals surface area (Å²) in [5.41, 5.74) is 5.07. The first kappa shape index (κ1) is 15.4. The van der Waals surface area contributed by atoms with Gasteiger partial charge in [0, 0.05) is 16.7 Å². The lowest BCUT2D eigenvalue weighted by Gasteiger charge is -2.02. The third-order valence-electron chi connectivity index (χ3n) is 2.33. The Morgan fingerprint density at radius 3 is 2.30 bits per heavy atom. The summed E-state index contributed by atoms with van der Waals surface area (Å²) in [7, 11) is 0. The Labute approximate surface area is 119 Å². The quantitative estimate of drug-likeness (QED) is 0.363. The lowest BCUT2D eigenvalue weighted by molar-refractivity contribution is -0.138. The van der Waals surface area contributed by atoms with Crippen molar-refractivity contribution in [3.8, 4) is 6.07 Å². The van der Waals surface area contributed by atoms with Gasteiger partial charge in [-0.25, -0.2) is 0 Å². The minimum atomic E-state index is -1.86. The molecule has 0 heterocycles. The topological polar surface area (TPSA) is 121 Å². The summed E-state index contributed by atoms with van der Waals surface area (Å²) in [5, 5.41) is 18.7. The smallest absolute Gasteiger partial charge is 0.242 e. The highest BCUT2D eigenvalue weighted by atomic mass is 35.5. The number of carbonyl (C=O) groups is 3. The standard InChI is InChI=1S/C13H9ClN2O4/c14-8-3-1-7(2-4-8)10(17)5-11(18)12(19)9(6-15)13(16)20/h1-5,9,17H,(H2,16,20). The van der Waals surface area contributed by atoms with Gasteiger partial charge in [-0.1, -0.05) is 11.6 Å². The number of primary amides is 1. The highest BCUT2D eigenvalue weighted by Gasteiger charge is 2.29. The zero-order valence-corrected chi connectivity index (χ0v) is 10.8. The molecule has 0 radical (unpaired) electrons.